The zero-order valence-electron chi connectivity index (χ0n) is 23.3. The fourth-order valence-corrected chi connectivity index (χ4v) is 6.75. The summed E-state index contributed by atoms with van der Waals surface area (Å²) in [5.74, 6) is 1.01. The molecule has 5 heterocycles. The molecule has 0 radical (unpaired) electrons. The van der Waals surface area contributed by atoms with E-state index in [1.807, 2.05) is 35.4 Å². The molecule has 9 nitrogen and oxygen atoms in total. The highest BCUT2D eigenvalue weighted by atomic mass is 16.5. The van der Waals surface area contributed by atoms with Crippen LogP contribution in [0, 0.1) is 5.92 Å². The van der Waals surface area contributed by atoms with Crippen LogP contribution in [0.3, 0.4) is 0 Å². The first-order valence-electron chi connectivity index (χ1n) is 14.7. The number of H-pyrrole nitrogens is 1. The van der Waals surface area contributed by atoms with E-state index >= 15 is 0 Å². The minimum absolute atomic E-state index is 0.0635. The zero-order valence-corrected chi connectivity index (χ0v) is 23.3. The second kappa shape index (κ2) is 12.0. The summed E-state index contributed by atoms with van der Waals surface area (Å²) in [6.45, 7) is 4.05. The highest BCUT2D eigenvalue weighted by Crippen LogP contribution is 2.30. The Bertz CT molecular complexity index is 1290. The fourth-order valence-electron chi connectivity index (χ4n) is 6.75. The third-order valence-electron chi connectivity index (χ3n) is 8.90. The molecule has 3 saturated heterocycles. The molecule has 2 amide bonds. The van der Waals surface area contributed by atoms with E-state index in [1.54, 1.807) is 13.3 Å². The number of benzene rings is 1. The minimum atomic E-state index is -0.474. The summed E-state index contributed by atoms with van der Waals surface area (Å²) < 4.78 is 5.31. The van der Waals surface area contributed by atoms with E-state index < -0.39 is 6.04 Å². The van der Waals surface area contributed by atoms with Gasteiger partial charge in [-0.2, -0.15) is 0 Å². The Morgan fingerprint density at radius 3 is 2.70 bits per heavy atom. The van der Waals surface area contributed by atoms with E-state index in [1.165, 1.54) is 24.8 Å². The molecular weight excluding hydrogens is 504 g/mol. The van der Waals surface area contributed by atoms with E-state index in [0.717, 1.165) is 54.8 Å². The van der Waals surface area contributed by atoms with E-state index in [4.69, 9.17) is 4.74 Å². The largest absolute Gasteiger partial charge is 0.497 e. The Hall–Kier alpha value is -3.43. The lowest BCUT2D eigenvalue weighted by atomic mass is 9.96. The van der Waals surface area contributed by atoms with Crippen LogP contribution in [0.4, 0.5) is 0 Å². The number of ether oxygens (including phenoxy) is 1. The molecule has 0 spiro atoms. The number of likely N-dealkylation sites (tertiary alicyclic amines) is 2. The van der Waals surface area contributed by atoms with Gasteiger partial charge in [-0.15, -0.1) is 0 Å². The molecule has 0 aliphatic carbocycles. The maximum absolute atomic E-state index is 13.9. The van der Waals surface area contributed by atoms with Crippen LogP contribution in [0.1, 0.15) is 43.4 Å². The number of aromatic nitrogens is 2. The molecule has 0 unspecified atom stereocenters. The second-order valence-corrected chi connectivity index (χ2v) is 11.6. The number of aromatic amines is 1. The monoisotopic (exact) mass is 544 g/mol. The van der Waals surface area contributed by atoms with Gasteiger partial charge in [0, 0.05) is 48.1 Å². The molecule has 0 bridgehead atoms. The number of amides is 2. The van der Waals surface area contributed by atoms with Crippen LogP contribution in [0.2, 0.25) is 0 Å². The smallest absolute Gasteiger partial charge is 0.243 e. The lowest BCUT2D eigenvalue weighted by Crippen LogP contribution is -2.51. The molecule has 40 heavy (non-hydrogen) atoms. The second-order valence-electron chi connectivity index (χ2n) is 11.6. The van der Waals surface area contributed by atoms with Gasteiger partial charge < -0.3 is 25.3 Å². The first-order valence-corrected chi connectivity index (χ1v) is 14.7. The quantitative estimate of drug-likeness (QED) is 0.403. The molecule has 3 aliphatic rings. The molecule has 0 saturated carbocycles. The molecule has 4 atom stereocenters. The standard InChI is InChI=1S/C31H40N6O3/c1-40-26-7-5-21(6-8-26)13-22-14-29(30(38)34-18-24-15-23-17-32-10-9-27(23)35-24)37(20-22)31(39)28-16-25(19-33-28)36-11-3-2-4-12-36/h5-10,15,17,22,25,28-29,33,35H,2-4,11-14,16,18-20H2,1H3,(H,34,38)/t22-,25-,28-,29+/m1/s1. The number of piperidine rings is 1. The van der Waals surface area contributed by atoms with Crippen molar-refractivity contribution in [3.05, 3.63) is 60.0 Å². The van der Waals surface area contributed by atoms with E-state index in [0.29, 0.717) is 25.6 Å². The number of carbonyl (C=O) groups excluding carboxylic acids is 2. The predicted molar refractivity (Wildman–Crippen MR) is 154 cm³/mol. The van der Waals surface area contributed by atoms with Crippen LogP contribution in [0.5, 0.6) is 5.75 Å². The van der Waals surface area contributed by atoms with Gasteiger partial charge in [-0.25, -0.2) is 0 Å². The lowest BCUT2D eigenvalue weighted by molar-refractivity contribution is -0.139. The topological polar surface area (TPSA) is 103 Å². The summed E-state index contributed by atoms with van der Waals surface area (Å²) in [5.41, 5.74) is 3.10. The SMILES string of the molecule is COc1ccc(C[C@@H]2C[C@@H](C(=O)NCc3cc4cnccc4[nH]3)N(C(=O)[C@H]3C[C@@H](N4CCCCC4)CN3)C2)cc1. The number of pyridine rings is 1. The van der Waals surface area contributed by atoms with Crippen molar-refractivity contribution < 1.29 is 14.3 Å². The highest BCUT2D eigenvalue weighted by Gasteiger charge is 2.43. The van der Waals surface area contributed by atoms with Crippen LogP contribution in [0.25, 0.3) is 10.9 Å². The minimum Gasteiger partial charge on any atom is -0.497 e. The van der Waals surface area contributed by atoms with Crippen molar-refractivity contribution in [3.63, 3.8) is 0 Å². The summed E-state index contributed by atoms with van der Waals surface area (Å²) in [4.78, 5) is 39.4. The van der Waals surface area contributed by atoms with Gasteiger partial charge in [-0.05, 0) is 80.9 Å². The van der Waals surface area contributed by atoms with Crippen molar-refractivity contribution in [2.24, 2.45) is 5.92 Å². The predicted octanol–water partition coefficient (Wildman–Crippen LogP) is 2.86. The molecule has 1 aromatic carbocycles. The van der Waals surface area contributed by atoms with Crippen LogP contribution in [-0.2, 0) is 22.6 Å². The average Bonchev–Trinajstić information content (AvgIpc) is 3.75. The van der Waals surface area contributed by atoms with Gasteiger partial charge in [0.15, 0.2) is 0 Å². The van der Waals surface area contributed by atoms with Gasteiger partial charge in [0.25, 0.3) is 0 Å². The fraction of sp³-hybridized carbons (Fsp3) is 0.516. The van der Waals surface area contributed by atoms with Gasteiger partial charge in [0.05, 0.1) is 19.7 Å². The number of hydrogen-bond donors (Lipinski definition) is 3. The van der Waals surface area contributed by atoms with Crippen LogP contribution >= 0.6 is 0 Å². The normalized spacial score (nSPS) is 25.4. The van der Waals surface area contributed by atoms with Gasteiger partial charge in [-0.1, -0.05) is 18.6 Å². The van der Waals surface area contributed by atoms with E-state index in [-0.39, 0.29) is 23.8 Å². The maximum Gasteiger partial charge on any atom is 0.243 e. The number of nitrogens with zero attached hydrogens (tertiary/aromatic N) is 3. The molecule has 212 valence electrons. The number of fused-ring (bicyclic) bond motifs is 1. The van der Waals surface area contributed by atoms with Crippen molar-refractivity contribution in [2.45, 2.75) is 63.2 Å². The Balaban J connectivity index is 1.14. The van der Waals surface area contributed by atoms with Gasteiger partial charge in [0.2, 0.25) is 11.8 Å². The van der Waals surface area contributed by atoms with Gasteiger partial charge in [-0.3, -0.25) is 19.5 Å². The number of nitrogens with one attached hydrogen (secondary N) is 3. The number of methoxy groups -OCH3 is 1. The van der Waals surface area contributed by atoms with Crippen LogP contribution in [-0.4, -0.2) is 83.0 Å². The van der Waals surface area contributed by atoms with Gasteiger partial charge >= 0.3 is 0 Å². The zero-order chi connectivity index (χ0) is 27.5. The lowest BCUT2D eigenvalue weighted by Gasteiger charge is -2.32. The summed E-state index contributed by atoms with van der Waals surface area (Å²) in [6, 6.07) is 11.7. The Labute approximate surface area is 235 Å². The highest BCUT2D eigenvalue weighted by molar-refractivity contribution is 5.90. The molecule has 3 N–H and O–H groups in total. The Kier molecular flexibility index (Phi) is 8.02. The van der Waals surface area contributed by atoms with Crippen molar-refractivity contribution in [2.75, 3.05) is 33.3 Å². The summed E-state index contributed by atoms with van der Waals surface area (Å²) in [7, 11) is 1.66. The molecule has 3 fully saturated rings. The van der Waals surface area contributed by atoms with Gasteiger partial charge in [0.1, 0.15) is 11.8 Å². The first kappa shape index (κ1) is 26.8. The summed E-state index contributed by atoms with van der Waals surface area (Å²) >= 11 is 0. The Morgan fingerprint density at radius 2 is 1.93 bits per heavy atom. The third-order valence-corrected chi connectivity index (χ3v) is 8.90. The van der Waals surface area contributed by atoms with E-state index in [2.05, 4.69) is 37.6 Å². The number of carbonyl (C=O) groups is 2. The summed E-state index contributed by atoms with van der Waals surface area (Å²) in [6.07, 6.45) is 9.63. The average molecular weight is 545 g/mol. The third kappa shape index (κ3) is 5.86. The van der Waals surface area contributed by atoms with E-state index in [9.17, 15) is 9.59 Å². The molecule has 9 heteroatoms. The van der Waals surface area contributed by atoms with Crippen LogP contribution < -0.4 is 15.4 Å². The maximum atomic E-state index is 13.9. The molecule has 3 aromatic rings. The molecule has 6 rings (SSSR count). The molecular formula is C31H40N6O3. The van der Waals surface area contributed by atoms with Crippen molar-refractivity contribution in [1.82, 2.24) is 30.4 Å². The number of hydrogen-bond acceptors (Lipinski definition) is 6. The Morgan fingerprint density at radius 1 is 1.10 bits per heavy atom. The number of rotatable bonds is 8. The molecule has 2 aromatic heterocycles. The van der Waals surface area contributed by atoms with Crippen LogP contribution in [0.15, 0.2) is 48.8 Å². The molecule has 3 aliphatic heterocycles. The van der Waals surface area contributed by atoms with Crippen molar-refractivity contribution in [1.29, 1.82) is 0 Å². The van der Waals surface area contributed by atoms with Crippen molar-refractivity contribution in [3.8, 4) is 5.75 Å². The van der Waals surface area contributed by atoms with Crippen molar-refractivity contribution >= 4 is 22.7 Å². The summed E-state index contributed by atoms with van der Waals surface area (Å²) in [5, 5.41) is 7.62. The first-order chi connectivity index (χ1) is 19.6.